The van der Waals surface area contributed by atoms with Gasteiger partial charge in [-0.05, 0) is 13.5 Å². The van der Waals surface area contributed by atoms with Gasteiger partial charge in [-0.2, -0.15) is 0 Å². The summed E-state index contributed by atoms with van der Waals surface area (Å²) in [6.45, 7) is 3.63. The molecule has 2 rings (SSSR count). The number of hydrogen-bond donors (Lipinski definition) is 1. The molecule has 0 amide bonds. The number of imidazole rings is 1. The molecule has 2 aromatic heterocycles. The first-order valence-electron chi connectivity index (χ1n) is 5.39. The van der Waals surface area contributed by atoms with Crippen LogP contribution in [0.15, 0.2) is 17.9 Å². The monoisotopic (exact) mass is 236 g/mol. The maximum absolute atomic E-state index is 5.55. The lowest BCUT2D eigenvalue weighted by atomic mass is 10.3. The molecule has 0 radical (unpaired) electrons. The summed E-state index contributed by atoms with van der Waals surface area (Å²) in [7, 11) is 0. The minimum atomic E-state index is 0.669. The van der Waals surface area contributed by atoms with E-state index in [1.807, 2.05) is 19.4 Å². The van der Waals surface area contributed by atoms with Crippen LogP contribution in [-0.2, 0) is 19.4 Å². The molecule has 0 aliphatic rings. The standard InChI is InChI=1S/C11H16N4S/c1-9-7-16-11(14-9)3-5-15-8-13-6-10(15)2-4-12/h6-8H,2-5,12H2,1H3. The highest BCUT2D eigenvalue weighted by atomic mass is 32.1. The Bertz CT molecular complexity index is 446. The van der Waals surface area contributed by atoms with Crippen LogP contribution in [0, 0.1) is 6.92 Å². The van der Waals surface area contributed by atoms with Gasteiger partial charge >= 0.3 is 0 Å². The normalized spacial score (nSPS) is 10.9. The van der Waals surface area contributed by atoms with E-state index >= 15 is 0 Å². The van der Waals surface area contributed by atoms with Crippen molar-refractivity contribution in [2.45, 2.75) is 26.3 Å². The van der Waals surface area contributed by atoms with Gasteiger partial charge < -0.3 is 10.3 Å². The summed E-state index contributed by atoms with van der Waals surface area (Å²) in [5.41, 5.74) is 7.86. The summed E-state index contributed by atoms with van der Waals surface area (Å²) < 4.78 is 2.16. The number of aryl methyl sites for hydroxylation is 3. The lowest BCUT2D eigenvalue weighted by molar-refractivity contribution is 0.655. The number of rotatable bonds is 5. The van der Waals surface area contributed by atoms with E-state index in [0.717, 1.165) is 25.1 Å². The molecule has 2 N–H and O–H groups in total. The van der Waals surface area contributed by atoms with Crippen LogP contribution in [0.4, 0.5) is 0 Å². The molecule has 2 aromatic rings. The molecule has 4 nitrogen and oxygen atoms in total. The molecular weight excluding hydrogens is 220 g/mol. The Hall–Kier alpha value is -1.20. The van der Waals surface area contributed by atoms with E-state index < -0.39 is 0 Å². The highest BCUT2D eigenvalue weighted by Gasteiger charge is 2.03. The summed E-state index contributed by atoms with van der Waals surface area (Å²) >= 11 is 1.72. The van der Waals surface area contributed by atoms with Crippen LogP contribution in [-0.4, -0.2) is 21.1 Å². The van der Waals surface area contributed by atoms with Gasteiger partial charge in [-0.1, -0.05) is 0 Å². The summed E-state index contributed by atoms with van der Waals surface area (Å²) in [4.78, 5) is 8.59. The van der Waals surface area contributed by atoms with Crippen LogP contribution in [0.5, 0.6) is 0 Å². The van der Waals surface area contributed by atoms with E-state index in [4.69, 9.17) is 5.73 Å². The first-order valence-corrected chi connectivity index (χ1v) is 6.27. The zero-order chi connectivity index (χ0) is 11.4. The fraction of sp³-hybridized carbons (Fsp3) is 0.455. The van der Waals surface area contributed by atoms with E-state index in [1.165, 1.54) is 10.7 Å². The second-order valence-corrected chi connectivity index (χ2v) is 4.69. The fourth-order valence-corrected chi connectivity index (χ4v) is 2.40. The quantitative estimate of drug-likeness (QED) is 0.853. The van der Waals surface area contributed by atoms with Crippen LogP contribution in [0.1, 0.15) is 16.4 Å². The van der Waals surface area contributed by atoms with E-state index in [1.54, 1.807) is 11.3 Å². The maximum Gasteiger partial charge on any atom is 0.0948 e. The molecule has 0 fully saturated rings. The van der Waals surface area contributed by atoms with Crippen LogP contribution >= 0.6 is 11.3 Å². The SMILES string of the molecule is Cc1csc(CCn2cncc2CCN)n1. The molecule has 0 bridgehead atoms. The average Bonchev–Trinajstić information content (AvgIpc) is 2.85. The second kappa shape index (κ2) is 5.23. The summed E-state index contributed by atoms with van der Waals surface area (Å²) in [6.07, 6.45) is 5.61. The molecule has 0 saturated carbocycles. The molecule has 0 aliphatic heterocycles. The summed E-state index contributed by atoms with van der Waals surface area (Å²) in [5, 5.41) is 3.27. The van der Waals surface area contributed by atoms with Gasteiger partial charge in [-0.25, -0.2) is 9.97 Å². The van der Waals surface area contributed by atoms with Crippen molar-refractivity contribution >= 4 is 11.3 Å². The van der Waals surface area contributed by atoms with E-state index in [-0.39, 0.29) is 0 Å². The Morgan fingerprint density at radius 1 is 1.44 bits per heavy atom. The Labute approximate surface area is 99.2 Å². The summed E-state index contributed by atoms with van der Waals surface area (Å²) in [5.74, 6) is 0. The minimum Gasteiger partial charge on any atom is -0.334 e. The van der Waals surface area contributed by atoms with Gasteiger partial charge in [-0.15, -0.1) is 11.3 Å². The zero-order valence-corrected chi connectivity index (χ0v) is 10.2. The largest absolute Gasteiger partial charge is 0.334 e. The van der Waals surface area contributed by atoms with Gasteiger partial charge in [0.1, 0.15) is 0 Å². The molecule has 0 spiro atoms. The third kappa shape index (κ3) is 2.68. The smallest absolute Gasteiger partial charge is 0.0948 e. The lowest BCUT2D eigenvalue weighted by Crippen LogP contribution is -2.09. The number of nitrogens with zero attached hydrogens (tertiary/aromatic N) is 3. The van der Waals surface area contributed by atoms with Crippen LogP contribution < -0.4 is 5.73 Å². The third-order valence-electron chi connectivity index (χ3n) is 2.43. The van der Waals surface area contributed by atoms with Crippen LogP contribution in [0.2, 0.25) is 0 Å². The number of thiazole rings is 1. The molecular formula is C11H16N4S. The van der Waals surface area contributed by atoms with Gasteiger partial charge in [0.15, 0.2) is 0 Å². The van der Waals surface area contributed by atoms with Gasteiger partial charge in [-0.3, -0.25) is 0 Å². The van der Waals surface area contributed by atoms with Gasteiger partial charge in [0.05, 0.1) is 11.3 Å². The molecule has 5 heteroatoms. The number of nitrogens with two attached hydrogens (primary N) is 1. The van der Waals surface area contributed by atoms with Gasteiger partial charge in [0.25, 0.3) is 0 Å². The Morgan fingerprint density at radius 3 is 3.00 bits per heavy atom. The topological polar surface area (TPSA) is 56.7 Å². The number of aromatic nitrogens is 3. The molecule has 0 aromatic carbocycles. The van der Waals surface area contributed by atoms with Crippen molar-refractivity contribution in [2.75, 3.05) is 6.54 Å². The molecule has 0 aliphatic carbocycles. The minimum absolute atomic E-state index is 0.669. The molecule has 0 unspecified atom stereocenters. The zero-order valence-electron chi connectivity index (χ0n) is 9.39. The van der Waals surface area contributed by atoms with Crippen molar-refractivity contribution in [3.63, 3.8) is 0 Å². The van der Waals surface area contributed by atoms with Crippen molar-refractivity contribution in [1.29, 1.82) is 0 Å². The highest BCUT2D eigenvalue weighted by molar-refractivity contribution is 7.09. The first kappa shape index (κ1) is 11.3. The van der Waals surface area contributed by atoms with Crippen molar-refractivity contribution < 1.29 is 0 Å². The second-order valence-electron chi connectivity index (χ2n) is 3.75. The van der Waals surface area contributed by atoms with Crippen molar-refractivity contribution in [2.24, 2.45) is 5.73 Å². The maximum atomic E-state index is 5.55. The average molecular weight is 236 g/mol. The number of hydrogen-bond acceptors (Lipinski definition) is 4. The fourth-order valence-electron chi connectivity index (χ4n) is 1.64. The molecule has 2 heterocycles. The van der Waals surface area contributed by atoms with E-state index in [2.05, 4.69) is 19.9 Å². The third-order valence-corrected chi connectivity index (χ3v) is 3.46. The summed E-state index contributed by atoms with van der Waals surface area (Å²) in [6, 6.07) is 0. The predicted molar refractivity (Wildman–Crippen MR) is 65.5 cm³/mol. The predicted octanol–water partition coefficient (Wildman–Crippen LogP) is 1.39. The van der Waals surface area contributed by atoms with Gasteiger partial charge in [0.2, 0.25) is 0 Å². The molecule has 0 atom stereocenters. The van der Waals surface area contributed by atoms with Crippen molar-refractivity contribution in [3.05, 3.63) is 34.3 Å². The molecule has 86 valence electrons. The van der Waals surface area contributed by atoms with Crippen LogP contribution in [0.25, 0.3) is 0 Å². The Morgan fingerprint density at radius 2 is 2.31 bits per heavy atom. The first-order chi connectivity index (χ1) is 7.79. The van der Waals surface area contributed by atoms with Gasteiger partial charge in [0, 0.05) is 42.4 Å². The van der Waals surface area contributed by atoms with Crippen molar-refractivity contribution in [3.8, 4) is 0 Å². The Balaban J connectivity index is 1.96. The highest BCUT2D eigenvalue weighted by Crippen LogP contribution is 2.11. The van der Waals surface area contributed by atoms with Crippen LogP contribution in [0.3, 0.4) is 0 Å². The van der Waals surface area contributed by atoms with E-state index in [9.17, 15) is 0 Å². The van der Waals surface area contributed by atoms with E-state index in [0.29, 0.717) is 6.54 Å². The lowest BCUT2D eigenvalue weighted by Gasteiger charge is -2.05. The van der Waals surface area contributed by atoms with Crippen molar-refractivity contribution in [1.82, 2.24) is 14.5 Å². The Kier molecular flexibility index (Phi) is 3.69. The molecule has 0 saturated heterocycles. The molecule has 16 heavy (non-hydrogen) atoms.